The third kappa shape index (κ3) is 3.27. The monoisotopic (exact) mass is 297 g/mol. The number of benzene rings is 1. The summed E-state index contributed by atoms with van der Waals surface area (Å²) in [5.41, 5.74) is 0.723. The van der Waals surface area contributed by atoms with E-state index >= 15 is 0 Å². The number of hydrogen-bond donors (Lipinski definition) is 1. The Morgan fingerprint density at radius 1 is 1.35 bits per heavy atom. The molecule has 1 saturated heterocycles. The first-order chi connectivity index (χ1) is 9.25. The molecule has 0 bridgehead atoms. The zero-order chi connectivity index (χ0) is 15.0. The SMILES string of the molecule is COc1cccc(Cl)c1CNC1CC(C)(C)OC1(C)C. The van der Waals surface area contributed by atoms with Gasteiger partial charge in [-0.25, -0.2) is 0 Å². The molecule has 1 aliphatic heterocycles. The van der Waals surface area contributed by atoms with Crippen molar-refractivity contribution in [3.63, 3.8) is 0 Å². The lowest BCUT2D eigenvalue weighted by molar-refractivity contribution is -0.0699. The number of ether oxygens (including phenoxy) is 2. The van der Waals surface area contributed by atoms with Gasteiger partial charge in [0.25, 0.3) is 0 Å². The van der Waals surface area contributed by atoms with Crippen molar-refractivity contribution in [1.29, 1.82) is 0 Å². The quantitative estimate of drug-likeness (QED) is 0.917. The van der Waals surface area contributed by atoms with E-state index in [1.807, 2.05) is 18.2 Å². The molecule has 1 aromatic rings. The predicted octanol–water partition coefficient (Wildman–Crippen LogP) is 3.78. The van der Waals surface area contributed by atoms with Crippen LogP contribution in [0.25, 0.3) is 0 Å². The number of nitrogens with one attached hydrogen (secondary N) is 1. The normalized spacial score (nSPS) is 23.8. The molecule has 20 heavy (non-hydrogen) atoms. The van der Waals surface area contributed by atoms with Gasteiger partial charge in [0.1, 0.15) is 5.75 Å². The minimum absolute atomic E-state index is 0.0915. The van der Waals surface area contributed by atoms with Gasteiger partial charge in [-0.2, -0.15) is 0 Å². The Morgan fingerprint density at radius 2 is 2.05 bits per heavy atom. The first kappa shape index (κ1) is 15.6. The Balaban J connectivity index is 2.10. The Morgan fingerprint density at radius 3 is 2.60 bits per heavy atom. The molecular weight excluding hydrogens is 274 g/mol. The van der Waals surface area contributed by atoms with Crippen LogP contribution in [0.3, 0.4) is 0 Å². The van der Waals surface area contributed by atoms with E-state index in [1.165, 1.54) is 0 Å². The fraction of sp³-hybridized carbons (Fsp3) is 0.625. The molecule has 112 valence electrons. The number of rotatable bonds is 4. The molecule has 0 aromatic heterocycles. The smallest absolute Gasteiger partial charge is 0.124 e. The third-order valence-electron chi connectivity index (χ3n) is 3.90. The summed E-state index contributed by atoms with van der Waals surface area (Å²) in [6.07, 6.45) is 0.979. The topological polar surface area (TPSA) is 30.5 Å². The largest absolute Gasteiger partial charge is 0.496 e. The van der Waals surface area contributed by atoms with E-state index in [0.717, 1.165) is 22.8 Å². The Kier molecular flexibility index (Phi) is 4.33. The van der Waals surface area contributed by atoms with Crippen LogP contribution >= 0.6 is 11.6 Å². The number of methoxy groups -OCH3 is 1. The number of halogens is 1. The number of hydrogen-bond acceptors (Lipinski definition) is 3. The highest BCUT2D eigenvalue weighted by atomic mass is 35.5. The molecule has 0 radical (unpaired) electrons. The van der Waals surface area contributed by atoms with Gasteiger partial charge in [-0.3, -0.25) is 0 Å². The molecule has 1 unspecified atom stereocenters. The summed E-state index contributed by atoms with van der Waals surface area (Å²) in [5, 5.41) is 4.30. The standard InChI is InChI=1S/C16H24ClNO2/c1-15(2)9-14(16(3,4)20-15)18-10-11-12(17)7-6-8-13(11)19-5/h6-8,14,18H,9-10H2,1-5H3. The molecule has 1 fully saturated rings. The molecular formula is C16H24ClNO2. The Labute approximate surface area is 126 Å². The molecule has 0 amide bonds. The predicted molar refractivity (Wildman–Crippen MR) is 82.5 cm³/mol. The van der Waals surface area contributed by atoms with Crippen molar-refractivity contribution in [2.45, 2.75) is 57.9 Å². The maximum atomic E-state index is 6.27. The van der Waals surface area contributed by atoms with Crippen LogP contribution in [-0.4, -0.2) is 24.4 Å². The van der Waals surface area contributed by atoms with E-state index in [1.54, 1.807) is 7.11 Å². The van der Waals surface area contributed by atoms with Crippen LogP contribution in [0.15, 0.2) is 18.2 Å². The molecule has 4 heteroatoms. The minimum Gasteiger partial charge on any atom is -0.496 e. The van der Waals surface area contributed by atoms with Gasteiger partial charge >= 0.3 is 0 Å². The van der Waals surface area contributed by atoms with Gasteiger partial charge < -0.3 is 14.8 Å². The molecule has 1 aromatic carbocycles. The van der Waals surface area contributed by atoms with Crippen LogP contribution < -0.4 is 10.1 Å². The average Bonchev–Trinajstić information content (AvgIpc) is 2.55. The van der Waals surface area contributed by atoms with E-state index in [2.05, 4.69) is 33.0 Å². The van der Waals surface area contributed by atoms with Crippen molar-refractivity contribution in [2.75, 3.05) is 7.11 Å². The zero-order valence-electron chi connectivity index (χ0n) is 12.9. The van der Waals surface area contributed by atoms with Gasteiger partial charge in [0.05, 0.1) is 18.3 Å². The first-order valence-electron chi connectivity index (χ1n) is 7.00. The molecule has 0 aliphatic carbocycles. The summed E-state index contributed by atoms with van der Waals surface area (Å²) in [7, 11) is 1.67. The van der Waals surface area contributed by atoms with Crippen LogP contribution in [0.2, 0.25) is 5.02 Å². The molecule has 1 aliphatic rings. The molecule has 1 heterocycles. The van der Waals surface area contributed by atoms with Crippen LogP contribution in [0, 0.1) is 0 Å². The van der Waals surface area contributed by atoms with Crippen LogP contribution in [0.1, 0.15) is 39.7 Å². The van der Waals surface area contributed by atoms with Gasteiger partial charge in [0.2, 0.25) is 0 Å². The van der Waals surface area contributed by atoms with Crippen LogP contribution in [0.4, 0.5) is 0 Å². The second-order valence-electron chi connectivity index (χ2n) is 6.52. The first-order valence-corrected chi connectivity index (χ1v) is 7.38. The van der Waals surface area contributed by atoms with Crippen molar-refractivity contribution >= 4 is 11.6 Å². The maximum Gasteiger partial charge on any atom is 0.124 e. The fourth-order valence-corrected chi connectivity index (χ4v) is 3.24. The zero-order valence-corrected chi connectivity index (χ0v) is 13.7. The minimum atomic E-state index is -0.183. The second-order valence-corrected chi connectivity index (χ2v) is 6.93. The molecule has 3 nitrogen and oxygen atoms in total. The molecule has 0 saturated carbocycles. The van der Waals surface area contributed by atoms with Gasteiger partial charge in [-0.15, -0.1) is 0 Å². The van der Waals surface area contributed by atoms with Crippen LogP contribution in [-0.2, 0) is 11.3 Å². The highest BCUT2D eigenvalue weighted by Gasteiger charge is 2.45. The van der Waals surface area contributed by atoms with E-state index in [0.29, 0.717) is 12.6 Å². The maximum absolute atomic E-state index is 6.27. The molecule has 2 rings (SSSR count). The highest BCUT2D eigenvalue weighted by molar-refractivity contribution is 6.31. The lowest BCUT2D eigenvalue weighted by Gasteiger charge is -2.28. The van der Waals surface area contributed by atoms with E-state index in [4.69, 9.17) is 21.1 Å². The highest BCUT2D eigenvalue weighted by Crippen LogP contribution is 2.37. The molecule has 0 spiro atoms. The van der Waals surface area contributed by atoms with Crippen molar-refractivity contribution < 1.29 is 9.47 Å². The lowest BCUT2D eigenvalue weighted by atomic mass is 9.94. The van der Waals surface area contributed by atoms with E-state index in [-0.39, 0.29) is 11.2 Å². The average molecular weight is 298 g/mol. The lowest BCUT2D eigenvalue weighted by Crippen LogP contribution is -2.43. The second kappa shape index (κ2) is 5.55. The summed E-state index contributed by atoms with van der Waals surface area (Å²) >= 11 is 6.27. The summed E-state index contributed by atoms with van der Waals surface area (Å²) in [5.74, 6) is 0.820. The summed E-state index contributed by atoms with van der Waals surface area (Å²) in [6, 6.07) is 6.01. The van der Waals surface area contributed by atoms with E-state index in [9.17, 15) is 0 Å². The van der Waals surface area contributed by atoms with Crippen molar-refractivity contribution in [3.05, 3.63) is 28.8 Å². The fourth-order valence-electron chi connectivity index (χ4n) is 3.01. The Hall–Kier alpha value is -0.770. The third-order valence-corrected chi connectivity index (χ3v) is 4.25. The van der Waals surface area contributed by atoms with Gasteiger partial charge in [-0.05, 0) is 46.2 Å². The Bertz CT molecular complexity index is 485. The van der Waals surface area contributed by atoms with Gasteiger partial charge in [0, 0.05) is 23.2 Å². The van der Waals surface area contributed by atoms with Gasteiger partial charge in [-0.1, -0.05) is 17.7 Å². The molecule has 1 atom stereocenters. The van der Waals surface area contributed by atoms with Crippen LogP contribution in [0.5, 0.6) is 5.75 Å². The summed E-state index contributed by atoms with van der Waals surface area (Å²) in [4.78, 5) is 0. The molecule has 1 N–H and O–H groups in total. The van der Waals surface area contributed by atoms with Crippen molar-refractivity contribution in [3.8, 4) is 5.75 Å². The summed E-state index contributed by atoms with van der Waals surface area (Å²) < 4.78 is 11.5. The van der Waals surface area contributed by atoms with E-state index < -0.39 is 0 Å². The summed E-state index contributed by atoms with van der Waals surface area (Å²) in [6.45, 7) is 9.20. The van der Waals surface area contributed by atoms with Crippen molar-refractivity contribution in [2.24, 2.45) is 0 Å². The van der Waals surface area contributed by atoms with Crippen molar-refractivity contribution in [1.82, 2.24) is 5.32 Å². The van der Waals surface area contributed by atoms with Gasteiger partial charge in [0.15, 0.2) is 0 Å².